The zero-order chi connectivity index (χ0) is 18.3. The van der Waals surface area contributed by atoms with Crippen molar-refractivity contribution in [2.24, 2.45) is 0 Å². The molecule has 0 bridgehead atoms. The first kappa shape index (κ1) is 16.3. The van der Waals surface area contributed by atoms with Gasteiger partial charge in [-0.05, 0) is 43.3 Å². The maximum absolute atomic E-state index is 12.9. The molecule has 0 radical (unpaired) electrons. The average molecular weight is 349 g/mol. The Balaban J connectivity index is 1.60. The fraction of sp³-hybridized carbons (Fsp3) is 0.250. The number of hydrogen-bond donors (Lipinski definition) is 1. The lowest BCUT2D eigenvalue weighted by Gasteiger charge is -2.26. The van der Waals surface area contributed by atoms with Crippen molar-refractivity contribution >= 4 is 22.9 Å². The second kappa shape index (κ2) is 6.29. The fourth-order valence-electron chi connectivity index (χ4n) is 3.56. The Kier molecular flexibility index (Phi) is 3.95. The summed E-state index contributed by atoms with van der Waals surface area (Å²) < 4.78 is 2.19. The largest absolute Gasteiger partial charge is 0.478 e. The minimum atomic E-state index is -0.996. The maximum Gasteiger partial charge on any atom is 0.335 e. The molecule has 1 aliphatic heterocycles. The molecule has 2 heterocycles. The van der Waals surface area contributed by atoms with Crippen LogP contribution < -0.4 is 0 Å². The van der Waals surface area contributed by atoms with E-state index in [9.17, 15) is 9.59 Å². The van der Waals surface area contributed by atoms with Crippen molar-refractivity contribution < 1.29 is 14.7 Å². The van der Waals surface area contributed by atoms with E-state index >= 15 is 0 Å². The lowest BCUT2D eigenvalue weighted by atomic mass is 10.1. The molecule has 6 heteroatoms. The molecule has 0 spiro atoms. The Hall–Kier alpha value is -3.15. The van der Waals surface area contributed by atoms with E-state index in [0.717, 1.165) is 16.9 Å². The molecule has 132 valence electrons. The summed E-state index contributed by atoms with van der Waals surface area (Å²) in [6, 6.07) is 14.2. The van der Waals surface area contributed by atoms with E-state index in [4.69, 9.17) is 10.1 Å². The number of nitrogens with zero attached hydrogens (tertiary/aromatic N) is 3. The Bertz CT molecular complexity index is 991. The number of carbonyl (C=O) groups is 2. The number of carboxylic acid groups (broad SMARTS) is 1. The summed E-state index contributed by atoms with van der Waals surface area (Å²) in [5.41, 5.74) is 2.76. The van der Waals surface area contributed by atoms with Gasteiger partial charge in [-0.2, -0.15) is 0 Å². The standard InChI is InChI=1S/C20H19N3O3/c1-13-12-18-21-16-4-2-3-5-17(16)23(18)11-10-22(13)19(24)14-6-8-15(9-7-14)20(25)26/h2-9,13H,10-12H2,1H3,(H,25,26). The molecule has 2 aromatic carbocycles. The third kappa shape index (κ3) is 2.73. The van der Waals surface area contributed by atoms with Gasteiger partial charge >= 0.3 is 5.97 Å². The van der Waals surface area contributed by atoms with Crippen molar-refractivity contribution in [3.63, 3.8) is 0 Å². The molecule has 0 aliphatic carbocycles. The topological polar surface area (TPSA) is 75.4 Å². The van der Waals surface area contributed by atoms with Gasteiger partial charge in [0.25, 0.3) is 5.91 Å². The van der Waals surface area contributed by atoms with Gasteiger partial charge < -0.3 is 14.6 Å². The number of benzene rings is 2. The van der Waals surface area contributed by atoms with E-state index in [0.29, 0.717) is 25.1 Å². The molecule has 1 aromatic heterocycles. The van der Waals surface area contributed by atoms with Crippen molar-refractivity contribution in [3.8, 4) is 0 Å². The minimum absolute atomic E-state index is 0.0136. The Morgan fingerprint density at radius 3 is 2.46 bits per heavy atom. The summed E-state index contributed by atoms with van der Waals surface area (Å²) in [4.78, 5) is 30.5. The van der Waals surface area contributed by atoms with Crippen LogP contribution in [0.1, 0.15) is 33.5 Å². The van der Waals surface area contributed by atoms with E-state index in [1.165, 1.54) is 12.1 Å². The summed E-state index contributed by atoms with van der Waals surface area (Å²) in [5, 5.41) is 9.00. The molecule has 6 nitrogen and oxygen atoms in total. The fourth-order valence-corrected chi connectivity index (χ4v) is 3.56. The number of aromatic nitrogens is 2. The van der Waals surface area contributed by atoms with Crippen LogP contribution in [-0.2, 0) is 13.0 Å². The van der Waals surface area contributed by atoms with Gasteiger partial charge in [0.15, 0.2) is 0 Å². The number of carboxylic acids is 1. The summed E-state index contributed by atoms with van der Waals surface area (Å²) in [7, 11) is 0. The Morgan fingerprint density at radius 2 is 1.73 bits per heavy atom. The van der Waals surface area contributed by atoms with Gasteiger partial charge in [0.1, 0.15) is 5.82 Å². The van der Waals surface area contributed by atoms with Gasteiger partial charge in [-0.15, -0.1) is 0 Å². The monoisotopic (exact) mass is 349 g/mol. The van der Waals surface area contributed by atoms with Crippen LogP contribution in [0.4, 0.5) is 0 Å². The van der Waals surface area contributed by atoms with Gasteiger partial charge in [0.05, 0.1) is 16.6 Å². The third-order valence-corrected chi connectivity index (χ3v) is 4.95. The van der Waals surface area contributed by atoms with Crippen LogP contribution in [0.3, 0.4) is 0 Å². The zero-order valence-electron chi connectivity index (χ0n) is 14.4. The van der Waals surface area contributed by atoms with Crippen molar-refractivity contribution in [1.29, 1.82) is 0 Å². The molecule has 1 atom stereocenters. The first-order valence-electron chi connectivity index (χ1n) is 8.63. The smallest absolute Gasteiger partial charge is 0.335 e. The second-order valence-electron chi connectivity index (χ2n) is 6.60. The highest BCUT2D eigenvalue weighted by atomic mass is 16.4. The molecule has 1 N–H and O–H groups in total. The zero-order valence-corrected chi connectivity index (χ0v) is 14.4. The highest BCUT2D eigenvalue weighted by molar-refractivity contribution is 5.96. The predicted octanol–water partition coefficient (Wildman–Crippen LogP) is 2.82. The van der Waals surface area contributed by atoms with Gasteiger partial charge in [-0.3, -0.25) is 4.79 Å². The summed E-state index contributed by atoms with van der Waals surface area (Å²) in [6.07, 6.45) is 0.688. The highest BCUT2D eigenvalue weighted by Gasteiger charge is 2.27. The predicted molar refractivity (Wildman–Crippen MR) is 97.3 cm³/mol. The number of hydrogen-bond acceptors (Lipinski definition) is 3. The highest BCUT2D eigenvalue weighted by Crippen LogP contribution is 2.22. The number of imidazole rings is 1. The van der Waals surface area contributed by atoms with Crippen molar-refractivity contribution in [3.05, 3.63) is 65.5 Å². The molecule has 1 aliphatic rings. The molecular weight excluding hydrogens is 330 g/mol. The first-order chi connectivity index (χ1) is 12.5. The number of aromatic carboxylic acids is 1. The molecule has 1 unspecified atom stereocenters. The maximum atomic E-state index is 12.9. The quantitative estimate of drug-likeness (QED) is 0.772. The summed E-state index contributed by atoms with van der Waals surface area (Å²) in [6.45, 7) is 3.31. The van der Waals surface area contributed by atoms with E-state index in [2.05, 4.69) is 10.6 Å². The number of para-hydroxylation sites is 2. The molecule has 1 amide bonds. The normalized spacial score (nSPS) is 17.0. The van der Waals surface area contributed by atoms with Crippen LogP contribution in [0, 0.1) is 0 Å². The lowest BCUT2D eigenvalue weighted by molar-refractivity contribution is 0.0682. The van der Waals surface area contributed by atoms with Crippen LogP contribution >= 0.6 is 0 Å². The third-order valence-electron chi connectivity index (χ3n) is 4.95. The minimum Gasteiger partial charge on any atom is -0.478 e. The van der Waals surface area contributed by atoms with E-state index < -0.39 is 5.97 Å². The molecule has 3 aromatic rings. The van der Waals surface area contributed by atoms with Gasteiger partial charge in [0.2, 0.25) is 0 Å². The number of carbonyl (C=O) groups excluding carboxylic acids is 1. The van der Waals surface area contributed by atoms with Gasteiger partial charge in [-0.1, -0.05) is 12.1 Å². The number of rotatable bonds is 2. The van der Waals surface area contributed by atoms with Crippen LogP contribution in [-0.4, -0.2) is 44.0 Å². The van der Waals surface area contributed by atoms with E-state index in [-0.39, 0.29) is 17.5 Å². The first-order valence-corrected chi connectivity index (χ1v) is 8.63. The van der Waals surface area contributed by atoms with E-state index in [1.807, 2.05) is 30.0 Å². The van der Waals surface area contributed by atoms with Crippen LogP contribution in [0.25, 0.3) is 11.0 Å². The second-order valence-corrected chi connectivity index (χ2v) is 6.60. The van der Waals surface area contributed by atoms with Crippen LogP contribution in [0.15, 0.2) is 48.5 Å². The molecule has 0 fully saturated rings. The SMILES string of the molecule is CC1Cc2nc3ccccc3n2CCN1C(=O)c1ccc(C(=O)O)cc1. The van der Waals surface area contributed by atoms with E-state index in [1.54, 1.807) is 12.1 Å². The Morgan fingerprint density at radius 1 is 1.04 bits per heavy atom. The number of fused-ring (bicyclic) bond motifs is 3. The van der Waals surface area contributed by atoms with Crippen molar-refractivity contribution in [2.45, 2.75) is 25.9 Å². The van der Waals surface area contributed by atoms with Gasteiger partial charge in [-0.25, -0.2) is 9.78 Å². The average Bonchev–Trinajstić information content (AvgIpc) is 2.90. The molecular formula is C20H19N3O3. The summed E-state index contributed by atoms with van der Waals surface area (Å²) >= 11 is 0. The van der Waals surface area contributed by atoms with Crippen LogP contribution in [0.2, 0.25) is 0 Å². The number of amides is 1. The summed E-state index contributed by atoms with van der Waals surface area (Å²) in [5.74, 6) is -0.0795. The van der Waals surface area contributed by atoms with Crippen molar-refractivity contribution in [2.75, 3.05) is 6.54 Å². The van der Waals surface area contributed by atoms with Crippen molar-refractivity contribution in [1.82, 2.24) is 14.5 Å². The molecule has 0 saturated heterocycles. The lowest BCUT2D eigenvalue weighted by Crippen LogP contribution is -2.40. The molecule has 4 rings (SSSR count). The Labute approximate surface area is 150 Å². The van der Waals surface area contributed by atoms with Crippen LogP contribution in [0.5, 0.6) is 0 Å². The van der Waals surface area contributed by atoms with Gasteiger partial charge in [0, 0.05) is 31.1 Å². The molecule has 26 heavy (non-hydrogen) atoms. The molecule has 0 saturated carbocycles.